The number of methoxy groups -OCH3 is 1. The van der Waals surface area contributed by atoms with Crippen molar-refractivity contribution in [1.29, 1.82) is 0 Å². The molecule has 0 aliphatic heterocycles. The molecule has 3 aromatic heterocycles. The molecule has 1 aliphatic carbocycles. The Morgan fingerprint density at radius 2 is 1.90 bits per heavy atom. The van der Waals surface area contributed by atoms with Crippen molar-refractivity contribution in [3.63, 3.8) is 0 Å². The van der Waals surface area contributed by atoms with Crippen molar-refractivity contribution in [3.05, 3.63) is 81.4 Å². The molecule has 0 spiro atoms. The highest BCUT2D eigenvalue weighted by atomic mass is 35.5. The van der Waals surface area contributed by atoms with Crippen LogP contribution in [0.25, 0.3) is 16.9 Å². The topological polar surface area (TPSA) is 91.0 Å². The highest BCUT2D eigenvalue weighted by molar-refractivity contribution is 6.30. The Morgan fingerprint density at radius 3 is 2.60 bits per heavy atom. The lowest BCUT2D eigenvalue weighted by atomic mass is 9.85. The van der Waals surface area contributed by atoms with E-state index in [1.54, 1.807) is 16.7 Å². The molecule has 0 unspecified atom stereocenters. The minimum Gasteiger partial charge on any atom is -0.497 e. The monoisotopic (exact) mass is 577 g/mol. The summed E-state index contributed by atoms with van der Waals surface area (Å²) in [6.45, 7) is 0.330. The first kappa shape index (κ1) is 27.6. The third-order valence-electron chi connectivity index (χ3n) is 7.08. The fourth-order valence-electron chi connectivity index (χ4n) is 5.12. The van der Waals surface area contributed by atoms with Crippen molar-refractivity contribution >= 4 is 28.7 Å². The van der Waals surface area contributed by atoms with E-state index in [1.807, 2.05) is 0 Å². The molecule has 1 N–H and O–H groups in total. The minimum absolute atomic E-state index is 0.0203. The highest BCUT2D eigenvalue weighted by Crippen LogP contribution is 2.32. The molecule has 1 fully saturated rings. The van der Waals surface area contributed by atoms with Crippen molar-refractivity contribution in [3.8, 4) is 11.4 Å². The quantitative estimate of drug-likeness (QED) is 0.310. The van der Waals surface area contributed by atoms with Crippen LogP contribution in [0.4, 0.5) is 17.6 Å². The predicted octanol–water partition coefficient (Wildman–Crippen LogP) is 5.39. The lowest BCUT2D eigenvalue weighted by molar-refractivity contribution is -0.141. The number of hydrogen-bond acceptors (Lipinski definition) is 5. The third kappa shape index (κ3) is 5.40. The van der Waals surface area contributed by atoms with Crippen LogP contribution < -0.4 is 15.7 Å². The van der Waals surface area contributed by atoms with E-state index in [1.165, 1.54) is 36.1 Å². The molecule has 8 nitrogen and oxygen atoms in total. The Kier molecular flexibility index (Phi) is 7.54. The number of nitrogens with one attached hydrogen (secondary N) is 1. The molecule has 3 heterocycles. The number of amides is 1. The lowest BCUT2D eigenvalue weighted by Crippen LogP contribution is -2.39. The van der Waals surface area contributed by atoms with Gasteiger partial charge >= 0.3 is 11.9 Å². The largest absolute Gasteiger partial charge is 0.497 e. The van der Waals surface area contributed by atoms with E-state index >= 15 is 0 Å². The summed E-state index contributed by atoms with van der Waals surface area (Å²) in [5.74, 6) is -1.07. The van der Waals surface area contributed by atoms with Gasteiger partial charge in [0.1, 0.15) is 11.6 Å². The van der Waals surface area contributed by atoms with Crippen LogP contribution in [0.2, 0.25) is 5.02 Å². The molecule has 5 rings (SSSR count). The zero-order chi connectivity index (χ0) is 28.6. The van der Waals surface area contributed by atoms with Gasteiger partial charge in [0.15, 0.2) is 11.3 Å². The summed E-state index contributed by atoms with van der Waals surface area (Å²) in [5.41, 5.74) is -1.51. The Hall–Kier alpha value is -3.93. The molecule has 40 heavy (non-hydrogen) atoms. The van der Waals surface area contributed by atoms with Gasteiger partial charge in [-0.1, -0.05) is 11.6 Å². The summed E-state index contributed by atoms with van der Waals surface area (Å²) in [4.78, 5) is 33.9. The van der Waals surface area contributed by atoms with Crippen LogP contribution in [0.5, 0.6) is 5.75 Å². The molecule has 0 bridgehead atoms. The zero-order valence-electron chi connectivity index (χ0n) is 21.2. The van der Waals surface area contributed by atoms with Crippen LogP contribution in [-0.4, -0.2) is 38.2 Å². The maximum Gasteiger partial charge on any atom is 0.434 e. The van der Waals surface area contributed by atoms with Crippen LogP contribution in [0.15, 0.2) is 53.6 Å². The second-order valence-electron chi connectivity index (χ2n) is 9.63. The number of carbonyl (C=O) groups excluding carboxylic acids is 1. The number of rotatable bonds is 6. The molecule has 4 aromatic rings. The summed E-state index contributed by atoms with van der Waals surface area (Å²) in [6.07, 6.45) is -0.207. The van der Waals surface area contributed by atoms with Gasteiger partial charge in [-0.15, -0.1) is 0 Å². The third-order valence-corrected chi connectivity index (χ3v) is 7.28. The Labute approximate surface area is 230 Å². The van der Waals surface area contributed by atoms with Crippen molar-refractivity contribution < 1.29 is 27.1 Å². The first-order chi connectivity index (χ1) is 19.1. The number of imidazole rings is 1. The molecule has 13 heteroatoms. The summed E-state index contributed by atoms with van der Waals surface area (Å²) in [7, 11) is 1.45. The van der Waals surface area contributed by atoms with E-state index in [0.29, 0.717) is 49.1 Å². The number of hydrogen-bond donors (Lipinski definition) is 1. The van der Waals surface area contributed by atoms with Crippen LogP contribution in [0, 0.1) is 11.7 Å². The average molecular weight is 578 g/mol. The van der Waals surface area contributed by atoms with E-state index in [2.05, 4.69) is 15.3 Å². The van der Waals surface area contributed by atoms with E-state index in [-0.39, 0.29) is 22.7 Å². The SMILES string of the molecule is COc1ccc(F)c(-n2c(=O)n(C[C@H]3CC[C@H](NC(=O)c4cc(Cl)cnc4C(F)(F)F)CC3)c3cccnc32)c1. The first-order valence-corrected chi connectivity index (χ1v) is 12.9. The van der Waals surface area contributed by atoms with Gasteiger partial charge in [0.25, 0.3) is 5.91 Å². The van der Waals surface area contributed by atoms with Crippen molar-refractivity contribution in [2.24, 2.45) is 5.92 Å². The number of halogens is 5. The van der Waals surface area contributed by atoms with Crippen LogP contribution >= 0.6 is 11.6 Å². The number of benzene rings is 1. The number of fused-ring (bicyclic) bond motifs is 1. The fourth-order valence-corrected chi connectivity index (χ4v) is 5.28. The van der Waals surface area contributed by atoms with E-state index in [9.17, 15) is 27.2 Å². The average Bonchev–Trinajstić information content (AvgIpc) is 3.20. The van der Waals surface area contributed by atoms with Gasteiger partial charge in [-0.2, -0.15) is 13.2 Å². The summed E-state index contributed by atoms with van der Waals surface area (Å²) < 4.78 is 62.8. The fraction of sp³-hybridized carbons (Fsp3) is 0.333. The normalized spacial score (nSPS) is 17.6. The maximum absolute atomic E-state index is 14.8. The second kappa shape index (κ2) is 10.9. The first-order valence-electron chi connectivity index (χ1n) is 12.5. The van der Waals surface area contributed by atoms with Gasteiger partial charge in [0.05, 0.1) is 28.9 Å². The summed E-state index contributed by atoms with van der Waals surface area (Å²) in [6, 6.07) is 8.15. The van der Waals surface area contributed by atoms with E-state index in [4.69, 9.17) is 16.3 Å². The van der Waals surface area contributed by atoms with E-state index in [0.717, 1.165) is 12.3 Å². The Balaban J connectivity index is 1.33. The molecule has 0 radical (unpaired) electrons. The lowest BCUT2D eigenvalue weighted by Gasteiger charge is -2.29. The highest BCUT2D eigenvalue weighted by Gasteiger charge is 2.38. The minimum atomic E-state index is -4.80. The molecule has 0 saturated heterocycles. The van der Waals surface area contributed by atoms with Crippen LogP contribution in [0.1, 0.15) is 41.7 Å². The number of ether oxygens (including phenoxy) is 1. The van der Waals surface area contributed by atoms with Gasteiger partial charge in [-0.05, 0) is 61.9 Å². The molecule has 210 valence electrons. The van der Waals surface area contributed by atoms with Crippen LogP contribution in [0.3, 0.4) is 0 Å². The molecule has 1 aromatic carbocycles. The molecule has 0 atom stereocenters. The molecular formula is C27H24ClF4N5O3. The van der Waals surface area contributed by atoms with Crippen molar-refractivity contribution in [1.82, 2.24) is 24.4 Å². The smallest absolute Gasteiger partial charge is 0.434 e. The zero-order valence-corrected chi connectivity index (χ0v) is 22.0. The van der Waals surface area contributed by atoms with Gasteiger partial charge in [0.2, 0.25) is 0 Å². The molecule has 1 amide bonds. The number of aromatic nitrogens is 4. The van der Waals surface area contributed by atoms with Gasteiger partial charge in [0, 0.05) is 31.0 Å². The molecule has 1 saturated carbocycles. The molecule has 1 aliphatic rings. The number of pyridine rings is 2. The Morgan fingerprint density at radius 1 is 1.15 bits per heavy atom. The molecular weight excluding hydrogens is 554 g/mol. The number of alkyl halides is 3. The number of nitrogens with zero attached hydrogens (tertiary/aromatic N) is 4. The van der Waals surface area contributed by atoms with Crippen LogP contribution in [-0.2, 0) is 12.7 Å². The number of carbonyl (C=O) groups is 1. The summed E-state index contributed by atoms with van der Waals surface area (Å²) >= 11 is 5.80. The Bertz CT molecular complexity index is 1630. The van der Waals surface area contributed by atoms with Crippen molar-refractivity contribution in [2.75, 3.05) is 7.11 Å². The van der Waals surface area contributed by atoms with E-state index < -0.39 is 34.8 Å². The van der Waals surface area contributed by atoms with Gasteiger partial charge < -0.3 is 10.1 Å². The standard InChI is InChI=1S/C27H24ClF4N5O3/c1-40-18-8-9-20(29)22(12-18)37-24-21(3-2-10-33-24)36(26(37)39)14-15-4-6-17(7-5-15)35-25(38)19-11-16(28)13-34-23(19)27(30,31)32/h2-3,8-13,15,17H,4-7,14H2,1H3,(H,35,38)/t15-,17-. The maximum atomic E-state index is 14.8. The summed E-state index contributed by atoms with van der Waals surface area (Å²) in [5, 5.41) is 2.59. The second-order valence-corrected chi connectivity index (χ2v) is 10.1. The van der Waals surface area contributed by atoms with Crippen molar-refractivity contribution in [2.45, 2.75) is 44.4 Å². The van der Waals surface area contributed by atoms with Gasteiger partial charge in [-0.25, -0.2) is 23.7 Å². The van der Waals surface area contributed by atoms with Gasteiger partial charge in [-0.3, -0.25) is 9.36 Å². The predicted molar refractivity (Wildman–Crippen MR) is 139 cm³/mol.